The summed E-state index contributed by atoms with van der Waals surface area (Å²) in [6, 6.07) is 0. The molecule has 14 heavy (non-hydrogen) atoms. The zero-order valence-corrected chi connectivity index (χ0v) is 9.87. The van der Waals surface area contributed by atoms with Gasteiger partial charge in [-0.05, 0) is 24.7 Å². The van der Waals surface area contributed by atoms with Crippen molar-refractivity contribution in [3.05, 3.63) is 0 Å². The van der Waals surface area contributed by atoms with Gasteiger partial charge in [0.1, 0.15) is 0 Å². The van der Waals surface area contributed by atoms with E-state index in [2.05, 4.69) is 20.8 Å². The minimum atomic E-state index is -0.225. The number of rotatable bonds is 8. The molecule has 0 fully saturated rings. The number of aliphatic hydroxyl groups excluding tert-OH is 2. The Labute approximate surface area is 88.3 Å². The highest BCUT2D eigenvalue weighted by atomic mass is 16.3. The average Bonchev–Trinajstić information content (AvgIpc) is 2.22. The molecule has 0 radical (unpaired) electrons. The summed E-state index contributed by atoms with van der Waals surface area (Å²) in [6.45, 7) is 6.72. The molecule has 0 rings (SSSR count). The van der Waals surface area contributed by atoms with Crippen molar-refractivity contribution in [1.29, 1.82) is 0 Å². The zero-order chi connectivity index (χ0) is 11.0. The van der Waals surface area contributed by atoms with Crippen molar-refractivity contribution in [3.63, 3.8) is 0 Å². The largest absolute Gasteiger partial charge is 0.396 e. The summed E-state index contributed by atoms with van der Waals surface area (Å²) in [7, 11) is 0. The second kappa shape index (κ2) is 8.25. The second-order valence-electron chi connectivity index (χ2n) is 4.08. The highest BCUT2D eigenvalue weighted by Crippen LogP contribution is 2.27. The number of aliphatic hydroxyl groups is 2. The van der Waals surface area contributed by atoms with Gasteiger partial charge in [-0.15, -0.1) is 0 Å². The van der Waals surface area contributed by atoms with Crippen LogP contribution in [0, 0.1) is 11.8 Å². The van der Waals surface area contributed by atoms with Crippen molar-refractivity contribution >= 4 is 0 Å². The fourth-order valence-electron chi connectivity index (χ4n) is 2.33. The van der Waals surface area contributed by atoms with Gasteiger partial charge in [-0.25, -0.2) is 0 Å². The summed E-state index contributed by atoms with van der Waals surface area (Å²) < 4.78 is 0. The van der Waals surface area contributed by atoms with E-state index in [-0.39, 0.29) is 12.7 Å². The van der Waals surface area contributed by atoms with E-state index >= 15 is 0 Å². The van der Waals surface area contributed by atoms with Gasteiger partial charge >= 0.3 is 0 Å². The van der Waals surface area contributed by atoms with Gasteiger partial charge in [0.25, 0.3) is 0 Å². The fraction of sp³-hybridized carbons (Fsp3) is 1.00. The Balaban J connectivity index is 4.07. The lowest BCUT2D eigenvalue weighted by Crippen LogP contribution is -2.27. The normalized spacial score (nSPS) is 15.9. The van der Waals surface area contributed by atoms with E-state index in [1.54, 1.807) is 0 Å². The van der Waals surface area contributed by atoms with Crippen LogP contribution in [-0.4, -0.2) is 22.9 Å². The molecule has 0 heterocycles. The van der Waals surface area contributed by atoms with Crippen molar-refractivity contribution in [2.75, 3.05) is 6.61 Å². The summed E-state index contributed by atoms with van der Waals surface area (Å²) in [5.74, 6) is 1.05. The quantitative estimate of drug-likeness (QED) is 0.635. The minimum absolute atomic E-state index is 0.191. The first-order valence-electron chi connectivity index (χ1n) is 6.00. The first-order valence-corrected chi connectivity index (χ1v) is 6.00. The molecule has 86 valence electrons. The molecule has 0 aromatic heterocycles. The Hall–Kier alpha value is -0.0800. The van der Waals surface area contributed by atoms with Gasteiger partial charge in [0.15, 0.2) is 0 Å². The molecule has 0 saturated carbocycles. The zero-order valence-electron chi connectivity index (χ0n) is 9.87. The molecule has 2 unspecified atom stereocenters. The monoisotopic (exact) mass is 202 g/mol. The lowest BCUT2D eigenvalue weighted by molar-refractivity contribution is 0.0533. The van der Waals surface area contributed by atoms with Crippen LogP contribution < -0.4 is 0 Å². The van der Waals surface area contributed by atoms with Crippen molar-refractivity contribution in [1.82, 2.24) is 0 Å². The van der Waals surface area contributed by atoms with Gasteiger partial charge in [-0.1, -0.05) is 40.0 Å². The first kappa shape index (κ1) is 13.9. The number of hydrogen-bond donors (Lipinski definition) is 2. The Bertz CT molecular complexity index is 121. The minimum Gasteiger partial charge on any atom is -0.396 e. The molecule has 0 aliphatic rings. The molecule has 0 aliphatic heterocycles. The summed E-state index contributed by atoms with van der Waals surface area (Å²) in [4.78, 5) is 0. The van der Waals surface area contributed by atoms with Crippen molar-refractivity contribution in [2.45, 2.75) is 59.0 Å². The van der Waals surface area contributed by atoms with Crippen LogP contribution in [0.1, 0.15) is 52.9 Å². The second-order valence-corrected chi connectivity index (χ2v) is 4.08. The van der Waals surface area contributed by atoms with Crippen LogP contribution in [0.15, 0.2) is 0 Å². The maximum atomic E-state index is 9.96. The van der Waals surface area contributed by atoms with Gasteiger partial charge in [0.05, 0.1) is 6.10 Å². The third-order valence-electron chi connectivity index (χ3n) is 3.28. The van der Waals surface area contributed by atoms with Gasteiger partial charge in [-0.3, -0.25) is 0 Å². The SMILES string of the molecule is CCC(CC)C(CC)C(O)CCCO. The van der Waals surface area contributed by atoms with Crippen LogP contribution in [-0.2, 0) is 0 Å². The summed E-state index contributed by atoms with van der Waals surface area (Å²) in [5.41, 5.74) is 0. The van der Waals surface area contributed by atoms with Gasteiger partial charge in [0.2, 0.25) is 0 Å². The van der Waals surface area contributed by atoms with Crippen LogP contribution >= 0.6 is 0 Å². The molecule has 0 aromatic rings. The Morgan fingerprint density at radius 1 is 1.00 bits per heavy atom. The average molecular weight is 202 g/mol. The molecule has 0 aromatic carbocycles. The van der Waals surface area contributed by atoms with E-state index in [1.165, 1.54) is 0 Å². The molecular weight excluding hydrogens is 176 g/mol. The van der Waals surface area contributed by atoms with E-state index in [9.17, 15) is 5.11 Å². The predicted molar refractivity (Wildman–Crippen MR) is 60.2 cm³/mol. The van der Waals surface area contributed by atoms with Gasteiger partial charge in [0, 0.05) is 6.61 Å². The van der Waals surface area contributed by atoms with Gasteiger partial charge in [-0.2, -0.15) is 0 Å². The van der Waals surface area contributed by atoms with E-state index in [0.717, 1.165) is 32.1 Å². The maximum absolute atomic E-state index is 9.96. The standard InChI is InChI=1S/C12H26O2/c1-4-10(5-2)11(6-3)12(14)8-7-9-13/h10-14H,4-9H2,1-3H3. The lowest BCUT2D eigenvalue weighted by Gasteiger charge is -2.28. The summed E-state index contributed by atoms with van der Waals surface area (Å²) in [5, 5.41) is 18.7. The molecule has 2 heteroatoms. The van der Waals surface area contributed by atoms with Gasteiger partial charge < -0.3 is 10.2 Å². The molecule has 0 amide bonds. The first-order chi connectivity index (χ1) is 6.71. The molecular formula is C12H26O2. The van der Waals surface area contributed by atoms with Crippen LogP contribution in [0.5, 0.6) is 0 Å². The third kappa shape index (κ3) is 4.43. The van der Waals surface area contributed by atoms with Crippen LogP contribution in [0.4, 0.5) is 0 Å². The van der Waals surface area contributed by atoms with E-state index in [4.69, 9.17) is 5.11 Å². The van der Waals surface area contributed by atoms with E-state index in [1.807, 2.05) is 0 Å². The van der Waals surface area contributed by atoms with Crippen LogP contribution in [0.2, 0.25) is 0 Å². The molecule has 0 aliphatic carbocycles. The molecule has 2 N–H and O–H groups in total. The molecule has 0 saturated heterocycles. The van der Waals surface area contributed by atoms with Crippen LogP contribution in [0.3, 0.4) is 0 Å². The molecule has 2 nitrogen and oxygen atoms in total. The smallest absolute Gasteiger partial charge is 0.0571 e. The number of hydrogen-bond acceptors (Lipinski definition) is 2. The topological polar surface area (TPSA) is 40.5 Å². The van der Waals surface area contributed by atoms with E-state index in [0.29, 0.717) is 11.8 Å². The molecule has 2 atom stereocenters. The van der Waals surface area contributed by atoms with Crippen molar-refractivity contribution in [3.8, 4) is 0 Å². The summed E-state index contributed by atoms with van der Waals surface area (Å²) >= 11 is 0. The fourth-order valence-corrected chi connectivity index (χ4v) is 2.33. The van der Waals surface area contributed by atoms with Crippen molar-refractivity contribution < 1.29 is 10.2 Å². The van der Waals surface area contributed by atoms with E-state index < -0.39 is 0 Å². The van der Waals surface area contributed by atoms with Crippen molar-refractivity contribution in [2.24, 2.45) is 11.8 Å². The Morgan fingerprint density at radius 2 is 1.57 bits per heavy atom. The maximum Gasteiger partial charge on any atom is 0.0571 e. The Kier molecular flexibility index (Phi) is 8.20. The predicted octanol–water partition coefficient (Wildman–Crippen LogP) is 2.58. The lowest BCUT2D eigenvalue weighted by atomic mass is 9.81. The molecule has 0 bridgehead atoms. The highest BCUT2D eigenvalue weighted by Gasteiger charge is 2.23. The Morgan fingerprint density at radius 3 is 1.93 bits per heavy atom. The highest BCUT2D eigenvalue weighted by molar-refractivity contribution is 4.74. The summed E-state index contributed by atoms with van der Waals surface area (Å²) in [6.07, 6.45) is 4.57. The van der Waals surface area contributed by atoms with Crippen LogP contribution in [0.25, 0.3) is 0 Å². The third-order valence-corrected chi connectivity index (χ3v) is 3.28. The molecule has 0 spiro atoms.